The van der Waals surface area contributed by atoms with Crippen LogP contribution in [-0.2, 0) is 4.79 Å². The van der Waals surface area contributed by atoms with E-state index in [2.05, 4.69) is 34.9 Å². The van der Waals surface area contributed by atoms with Crippen LogP contribution in [0.1, 0.15) is 5.56 Å². The highest BCUT2D eigenvalue weighted by molar-refractivity contribution is 7.22. The molecule has 0 N–H and O–H groups in total. The lowest BCUT2D eigenvalue weighted by Crippen LogP contribution is -2.58. The summed E-state index contributed by atoms with van der Waals surface area (Å²) in [6.07, 6.45) is 0. The number of rotatable bonds is 3. The summed E-state index contributed by atoms with van der Waals surface area (Å²) >= 11 is 1.70. The normalized spacial score (nSPS) is 17.7. The number of carbonyl (C=O) groups excluding carboxylic acids is 1. The Morgan fingerprint density at radius 1 is 1.03 bits per heavy atom. The predicted molar refractivity (Wildman–Crippen MR) is 115 cm³/mol. The molecule has 1 aromatic heterocycles. The molecule has 0 spiro atoms. The number of amides is 1. The zero-order valence-corrected chi connectivity index (χ0v) is 17.2. The molecule has 0 unspecified atom stereocenters. The van der Waals surface area contributed by atoms with Gasteiger partial charge in [-0.3, -0.25) is 4.79 Å². The minimum atomic E-state index is -0.222. The van der Waals surface area contributed by atoms with Gasteiger partial charge in [0.25, 0.3) is 0 Å². The van der Waals surface area contributed by atoms with Crippen molar-refractivity contribution in [2.24, 2.45) is 5.92 Å². The summed E-state index contributed by atoms with van der Waals surface area (Å²) in [6, 6.07) is 12.9. The number of aromatic nitrogens is 1. The Labute approximate surface area is 173 Å². The van der Waals surface area contributed by atoms with E-state index in [0.717, 1.165) is 42.5 Å². The Balaban J connectivity index is 1.16. The van der Waals surface area contributed by atoms with Gasteiger partial charge in [-0.15, -0.1) is 0 Å². The number of anilines is 2. The largest absolute Gasteiger partial charge is 0.368 e. The van der Waals surface area contributed by atoms with Gasteiger partial charge in [-0.05, 0) is 48.9 Å². The van der Waals surface area contributed by atoms with Gasteiger partial charge in [0, 0.05) is 45.0 Å². The standard InChI is InChI=1S/C22H23FN4OS/c1-15-2-7-19-20(12-15)29-22(24-19)27-13-16(14-27)21(28)26-10-8-25(9-11-26)18-5-3-17(23)4-6-18/h2-7,12,16H,8-11,13-14H2,1H3. The van der Waals surface area contributed by atoms with E-state index < -0.39 is 0 Å². The number of nitrogens with zero attached hydrogens (tertiary/aromatic N) is 4. The van der Waals surface area contributed by atoms with Crippen LogP contribution < -0.4 is 9.80 Å². The number of fused-ring (bicyclic) bond motifs is 1. The maximum Gasteiger partial charge on any atom is 0.229 e. The number of piperazine rings is 1. The fraction of sp³-hybridized carbons (Fsp3) is 0.364. The molecule has 3 aromatic rings. The van der Waals surface area contributed by atoms with Gasteiger partial charge >= 0.3 is 0 Å². The number of carbonyl (C=O) groups is 1. The SMILES string of the molecule is Cc1ccc2nc(N3CC(C(=O)N4CCN(c5ccc(F)cc5)CC4)C3)sc2c1. The Morgan fingerprint density at radius 2 is 1.76 bits per heavy atom. The molecule has 2 saturated heterocycles. The van der Waals surface area contributed by atoms with Gasteiger partial charge in [-0.25, -0.2) is 9.37 Å². The Kier molecular flexibility index (Phi) is 4.62. The van der Waals surface area contributed by atoms with Gasteiger partial charge in [0.1, 0.15) is 5.82 Å². The van der Waals surface area contributed by atoms with E-state index in [1.165, 1.54) is 22.4 Å². The molecule has 7 heteroatoms. The third kappa shape index (κ3) is 3.55. The third-order valence-electron chi connectivity index (χ3n) is 5.82. The number of halogens is 1. The molecule has 5 nitrogen and oxygen atoms in total. The third-order valence-corrected chi connectivity index (χ3v) is 6.90. The highest BCUT2D eigenvalue weighted by atomic mass is 32.1. The first kappa shape index (κ1) is 18.4. The summed E-state index contributed by atoms with van der Waals surface area (Å²) < 4.78 is 14.3. The van der Waals surface area contributed by atoms with Crippen LogP contribution >= 0.6 is 11.3 Å². The molecular formula is C22H23FN4OS. The second kappa shape index (κ2) is 7.30. The summed E-state index contributed by atoms with van der Waals surface area (Å²) in [5.41, 5.74) is 3.28. The highest BCUT2D eigenvalue weighted by Crippen LogP contribution is 2.34. The molecule has 2 fully saturated rings. The molecule has 1 amide bonds. The lowest BCUT2D eigenvalue weighted by atomic mass is 9.99. The first-order chi connectivity index (χ1) is 14.1. The Bertz CT molecular complexity index is 1040. The van der Waals surface area contributed by atoms with E-state index in [-0.39, 0.29) is 17.6 Å². The van der Waals surface area contributed by atoms with Gasteiger partial charge in [-0.1, -0.05) is 17.4 Å². The highest BCUT2D eigenvalue weighted by Gasteiger charge is 2.37. The van der Waals surface area contributed by atoms with Crippen molar-refractivity contribution < 1.29 is 9.18 Å². The summed E-state index contributed by atoms with van der Waals surface area (Å²) in [6.45, 7) is 6.58. The predicted octanol–water partition coefficient (Wildman–Crippen LogP) is 3.53. The number of aryl methyl sites for hydroxylation is 1. The maximum atomic E-state index is 13.1. The van der Waals surface area contributed by atoms with Crippen molar-refractivity contribution in [3.8, 4) is 0 Å². The lowest BCUT2D eigenvalue weighted by molar-refractivity contribution is -0.136. The monoisotopic (exact) mass is 410 g/mol. The summed E-state index contributed by atoms with van der Waals surface area (Å²) in [5, 5.41) is 1.01. The van der Waals surface area contributed by atoms with Gasteiger partial charge < -0.3 is 14.7 Å². The van der Waals surface area contributed by atoms with Crippen LogP contribution in [0.25, 0.3) is 10.2 Å². The smallest absolute Gasteiger partial charge is 0.229 e. The summed E-state index contributed by atoms with van der Waals surface area (Å²) in [7, 11) is 0. The van der Waals surface area contributed by atoms with Crippen molar-refractivity contribution in [3.05, 3.63) is 53.8 Å². The molecule has 0 aliphatic carbocycles. The Hall–Kier alpha value is -2.67. The first-order valence-electron chi connectivity index (χ1n) is 9.98. The molecule has 150 valence electrons. The molecule has 29 heavy (non-hydrogen) atoms. The second-order valence-electron chi connectivity index (χ2n) is 7.86. The number of hydrogen-bond acceptors (Lipinski definition) is 5. The van der Waals surface area contributed by atoms with E-state index in [1.54, 1.807) is 23.5 Å². The molecule has 2 aliphatic heterocycles. The van der Waals surface area contributed by atoms with E-state index in [1.807, 2.05) is 4.90 Å². The fourth-order valence-electron chi connectivity index (χ4n) is 4.04. The molecule has 0 radical (unpaired) electrons. The van der Waals surface area contributed by atoms with E-state index >= 15 is 0 Å². The van der Waals surface area contributed by atoms with E-state index in [9.17, 15) is 9.18 Å². The van der Waals surface area contributed by atoms with Crippen molar-refractivity contribution in [2.45, 2.75) is 6.92 Å². The molecule has 2 aromatic carbocycles. The van der Waals surface area contributed by atoms with Gasteiger partial charge in [-0.2, -0.15) is 0 Å². The van der Waals surface area contributed by atoms with Crippen molar-refractivity contribution in [2.75, 3.05) is 49.1 Å². The quantitative estimate of drug-likeness (QED) is 0.662. The molecule has 2 aliphatic rings. The van der Waals surface area contributed by atoms with Gasteiger partial charge in [0.05, 0.1) is 16.1 Å². The van der Waals surface area contributed by atoms with Crippen molar-refractivity contribution >= 4 is 38.3 Å². The summed E-state index contributed by atoms with van der Waals surface area (Å²) in [5.74, 6) is 0.0819. The van der Waals surface area contributed by atoms with Crippen LogP contribution in [0.4, 0.5) is 15.2 Å². The van der Waals surface area contributed by atoms with Crippen LogP contribution in [0.5, 0.6) is 0 Å². The molecule has 3 heterocycles. The number of thiazole rings is 1. The van der Waals surface area contributed by atoms with Crippen LogP contribution in [0.3, 0.4) is 0 Å². The molecular weight excluding hydrogens is 387 g/mol. The van der Waals surface area contributed by atoms with Crippen LogP contribution in [-0.4, -0.2) is 55.1 Å². The molecule has 0 saturated carbocycles. The fourth-order valence-corrected chi connectivity index (χ4v) is 5.12. The maximum absolute atomic E-state index is 13.1. The second-order valence-corrected chi connectivity index (χ2v) is 8.87. The van der Waals surface area contributed by atoms with Crippen LogP contribution in [0, 0.1) is 18.7 Å². The molecule has 0 atom stereocenters. The average Bonchev–Trinajstić information content (AvgIpc) is 3.10. The first-order valence-corrected chi connectivity index (χ1v) is 10.8. The van der Waals surface area contributed by atoms with Crippen LogP contribution in [0.2, 0.25) is 0 Å². The number of hydrogen-bond donors (Lipinski definition) is 0. The van der Waals surface area contributed by atoms with E-state index in [0.29, 0.717) is 13.1 Å². The lowest BCUT2D eigenvalue weighted by Gasteiger charge is -2.43. The molecule has 5 rings (SSSR count). The molecule has 0 bridgehead atoms. The topological polar surface area (TPSA) is 39.7 Å². The minimum absolute atomic E-state index is 0.0566. The minimum Gasteiger partial charge on any atom is -0.368 e. The zero-order valence-electron chi connectivity index (χ0n) is 16.3. The Morgan fingerprint density at radius 3 is 2.48 bits per heavy atom. The average molecular weight is 411 g/mol. The van der Waals surface area contributed by atoms with Gasteiger partial charge in [0.2, 0.25) is 5.91 Å². The summed E-state index contributed by atoms with van der Waals surface area (Å²) in [4.78, 5) is 24.0. The van der Waals surface area contributed by atoms with Crippen molar-refractivity contribution in [1.29, 1.82) is 0 Å². The van der Waals surface area contributed by atoms with Crippen molar-refractivity contribution in [3.63, 3.8) is 0 Å². The van der Waals surface area contributed by atoms with Gasteiger partial charge in [0.15, 0.2) is 5.13 Å². The van der Waals surface area contributed by atoms with Crippen molar-refractivity contribution in [1.82, 2.24) is 9.88 Å². The van der Waals surface area contributed by atoms with Crippen LogP contribution in [0.15, 0.2) is 42.5 Å². The van der Waals surface area contributed by atoms with E-state index in [4.69, 9.17) is 4.98 Å². The zero-order chi connectivity index (χ0) is 20.0. The number of benzene rings is 2.